The van der Waals surface area contributed by atoms with Gasteiger partial charge in [0.25, 0.3) is 0 Å². The first-order valence-electron chi connectivity index (χ1n) is 8.52. The molecule has 23 heavy (non-hydrogen) atoms. The molecule has 0 bridgehead atoms. The maximum Gasteiger partial charge on any atom is 0.410 e. The lowest BCUT2D eigenvalue weighted by Gasteiger charge is -2.41. The van der Waals surface area contributed by atoms with E-state index in [-0.39, 0.29) is 24.7 Å². The molecular formula is C17H31NO5. The number of nitrogens with zero attached hydrogens (tertiary/aromatic N) is 1. The van der Waals surface area contributed by atoms with Gasteiger partial charge in [0.1, 0.15) is 5.60 Å². The van der Waals surface area contributed by atoms with Crippen LogP contribution in [0.15, 0.2) is 0 Å². The van der Waals surface area contributed by atoms with Crippen molar-refractivity contribution in [3.8, 4) is 0 Å². The molecule has 2 aliphatic rings. The number of ether oxygens (including phenoxy) is 3. The third-order valence-corrected chi connectivity index (χ3v) is 4.47. The zero-order valence-corrected chi connectivity index (χ0v) is 15.0. The molecule has 2 rings (SSSR count). The van der Waals surface area contributed by atoms with Gasteiger partial charge in [-0.25, -0.2) is 4.79 Å². The van der Waals surface area contributed by atoms with Gasteiger partial charge in [-0.1, -0.05) is 0 Å². The van der Waals surface area contributed by atoms with Gasteiger partial charge in [-0.2, -0.15) is 0 Å². The molecule has 2 saturated heterocycles. The molecule has 0 aromatic rings. The van der Waals surface area contributed by atoms with Crippen molar-refractivity contribution < 1.29 is 24.1 Å². The van der Waals surface area contributed by atoms with Crippen LogP contribution >= 0.6 is 0 Å². The average molecular weight is 329 g/mol. The summed E-state index contributed by atoms with van der Waals surface area (Å²) >= 11 is 0. The van der Waals surface area contributed by atoms with Gasteiger partial charge in [0, 0.05) is 25.6 Å². The van der Waals surface area contributed by atoms with Crippen LogP contribution in [0.4, 0.5) is 4.79 Å². The van der Waals surface area contributed by atoms with Crippen molar-refractivity contribution in [3.05, 3.63) is 0 Å². The maximum atomic E-state index is 12.3. The Bertz CT molecular complexity index is 418. The summed E-state index contributed by atoms with van der Waals surface area (Å²) in [4.78, 5) is 14.1. The van der Waals surface area contributed by atoms with Crippen LogP contribution in [0.5, 0.6) is 0 Å². The van der Waals surface area contributed by atoms with Crippen molar-refractivity contribution in [1.29, 1.82) is 0 Å². The summed E-state index contributed by atoms with van der Waals surface area (Å²) in [5.74, 6) is -0.0887. The fourth-order valence-corrected chi connectivity index (χ4v) is 3.39. The van der Waals surface area contributed by atoms with E-state index in [9.17, 15) is 9.90 Å². The van der Waals surface area contributed by atoms with E-state index in [0.29, 0.717) is 25.6 Å². The Labute approximate surface area is 139 Å². The first-order valence-corrected chi connectivity index (χ1v) is 8.52. The number of hydrogen-bond acceptors (Lipinski definition) is 5. The Kier molecular flexibility index (Phi) is 5.59. The highest BCUT2D eigenvalue weighted by molar-refractivity contribution is 5.68. The summed E-state index contributed by atoms with van der Waals surface area (Å²) in [5.41, 5.74) is -0.497. The second kappa shape index (κ2) is 6.95. The number of carbonyl (C=O) groups excluding carboxylic acids is 1. The molecule has 1 unspecified atom stereocenters. The summed E-state index contributed by atoms with van der Waals surface area (Å²) < 4.78 is 17.2. The van der Waals surface area contributed by atoms with Crippen LogP contribution in [0.25, 0.3) is 0 Å². The molecule has 3 atom stereocenters. The van der Waals surface area contributed by atoms with E-state index in [1.54, 1.807) is 4.90 Å². The lowest BCUT2D eigenvalue weighted by molar-refractivity contribution is -0.150. The van der Waals surface area contributed by atoms with E-state index in [1.165, 1.54) is 0 Å². The number of aliphatic hydroxyl groups excluding tert-OH is 1. The van der Waals surface area contributed by atoms with Gasteiger partial charge in [0.15, 0.2) is 5.79 Å². The zero-order chi connectivity index (χ0) is 17.3. The Balaban J connectivity index is 2.04. The lowest BCUT2D eigenvalue weighted by Crippen LogP contribution is -2.50. The predicted molar refractivity (Wildman–Crippen MR) is 86.0 cm³/mol. The zero-order valence-electron chi connectivity index (χ0n) is 15.0. The first-order chi connectivity index (χ1) is 10.6. The van der Waals surface area contributed by atoms with Gasteiger partial charge >= 0.3 is 6.09 Å². The highest BCUT2D eigenvalue weighted by Gasteiger charge is 2.43. The normalized spacial score (nSPS) is 31.2. The molecule has 6 nitrogen and oxygen atoms in total. The van der Waals surface area contributed by atoms with Crippen molar-refractivity contribution in [2.45, 2.75) is 65.0 Å². The van der Waals surface area contributed by atoms with Crippen LogP contribution in [0.1, 0.15) is 47.5 Å². The van der Waals surface area contributed by atoms with Crippen molar-refractivity contribution in [2.24, 2.45) is 11.8 Å². The Morgan fingerprint density at radius 2 is 2.09 bits per heavy atom. The number of amides is 1. The number of aliphatic hydroxyl groups is 1. The molecule has 1 N–H and O–H groups in total. The molecule has 2 heterocycles. The van der Waals surface area contributed by atoms with E-state index in [1.807, 2.05) is 34.6 Å². The topological polar surface area (TPSA) is 68.2 Å². The molecular weight excluding hydrogens is 298 g/mol. The van der Waals surface area contributed by atoms with Crippen LogP contribution in [0, 0.1) is 11.8 Å². The Morgan fingerprint density at radius 3 is 2.61 bits per heavy atom. The van der Waals surface area contributed by atoms with Gasteiger partial charge < -0.3 is 24.2 Å². The van der Waals surface area contributed by atoms with Crippen LogP contribution in [0.2, 0.25) is 0 Å². The summed E-state index contributed by atoms with van der Waals surface area (Å²) in [7, 11) is 0. The van der Waals surface area contributed by atoms with Gasteiger partial charge in [0.2, 0.25) is 0 Å². The number of piperidine rings is 1. The van der Waals surface area contributed by atoms with Crippen molar-refractivity contribution in [3.63, 3.8) is 0 Å². The van der Waals surface area contributed by atoms with E-state index in [4.69, 9.17) is 14.2 Å². The van der Waals surface area contributed by atoms with E-state index in [2.05, 4.69) is 0 Å². The third-order valence-electron chi connectivity index (χ3n) is 4.47. The van der Waals surface area contributed by atoms with Crippen molar-refractivity contribution in [1.82, 2.24) is 4.90 Å². The van der Waals surface area contributed by atoms with Gasteiger partial charge in [-0.3, -0.25) is 0 Å². The van der Waals surface area contributed by atoms with Crippen LogP contribution in [0.3, 0.4) is 0 Å². The minimum absolute atomic E-state index is 0.0493. The smallest absolute Gasteiger partial charge is 0.410 e. The molecule has 2 fully saturated rings. The number of likely N-dealkylation sites (tertiary alicyclic amines) is 1. The Morgan fingerprint density at radius 1 is 1.39 bits per heavy atom. The molecule has 0 aromatic heterocycles. The highest BCUT2D eigenvalue weighted by atomic mass is 16.7. The van der Waals surface area contributed by atoms with Gasteiger partial charge in [-0.15, -0.1) is 0 Å². The minimum Gasteiger partial charge on any atom is -0.444 e. The lowest BCUT2D eigenvalue weighted by atomic mass is 9.80. The largest absolute Gasteiger partial charge is 0.444 e. The summed E-state index contributed by atoms with van der Waals surface area (Å²) in [6, 6.07) is 0. The molecule has 0 spiro atoms. The molecule has 2 aliphatic heterocycles. The van der Waals surface area contributed by atoms with E-state index >= 15 is 0 Å². The Hall–Kier alpha value is -0.850. The minimum atomic E-state index is -0.581. The standard InChI is InChI=1S/C17H31NO5/c1-16(2,3)23-15(20)18-8-6-12(7-9-19)13(10-18)14-11-21-17(4,5)22-14/h12-14,19H,6-11H2,1-5H3/t12-,13-,14?/m1/s1. The maximum absolute atomic E-state index is 12.3. The molecule has 0 saturated carbocycles. The number of hydrogen-bond donors (Lipinski definition) is 1. The van der Waals surface area contributed by atoms with Gasteiger partial charge in [0.05, 0.1) is 12.7 Å². The average Bonchev–Trinajstić information content (AvgIpc) is 2.77. The second-order valence-electron chi connectivity index (χ2n) is 8.02. The summed E-state index contributed by atoms with van der Waals surface area (Å²) in [5, 5.41) is 9.33. The van der Waals surface area contributed by atoms with Crippen molar-refractivity contribution in [2.75, 3.05) is 26.3 Å². The third kappa shape index (κ3) is 5.06. The molecule has 0 aromatic carbocycles. The monoisotopic (exact) mass is 329 g/mol. The molecule has 0 aliphatic carbocycles. The van der Waals surface area contributed by atoms with E-state index < -0.39 is 11.4 Å². The highest BCUT2D eigenvalue weighted by Crippen LogP contribution is 2.36. The van der Waals surface area contributed by atoms with E-state index in [0.717, 1.165) is 12.8 Å². The van der Waals surface area contributed by atoms with Crippen molar-refractivity contribution >= 4 is 6.09 Å². The molecule has 134 valence electrons. The fourth-order valence-electron chi connectivity index (χ4n) is 3.39. The fraction of sp³-hybridized carbons (Fsp3) is 0.941. The van der Waals surface area contributed by atoms with Crippen LogP contribution < -0.4 is 0 Å². The first kappa shape index (κ1) is 18.5. The van der Waals surface area contributed by atoms with Gasteiger partial charge in [-0.05, 0) is 53.4 Å². The van der Waals surface area contributed by atoms with Crippen LogP contribution in [-0.4, -0.2) is 59.9 Å². The molecule has 6 heteroatoms. The second-order valence-corrected chi connectivity index (χ2v) is 8.02. The summed E-state index contributed by atoms with van der Waals surface area (Å²) in [6.45, 7) is 11.4. The molecule has 0 radical (unpaired) electrons. The number of carbonyl (C=O) groups is 1. The molecule has 1 amide bonds. The SMILES string of the molecule is CC(C)(C)OC(=O)N1CC[C@H](CCO)[C@H](C2COC(C)(C)O2)C1. The number of rotatable bonds is 3. The summed E-state index contributed by atoms with van der Waals surface area (Å²) in [6.07, 6.45) is 1.26. The quantitative estimate of drug-likeness (QED) is 0.861. The van der Waals surface area contributed by atoms with Crippen LogP contribution in [-0.2, 0) is 14.2 Å². The predicted octanol–water partition coefficient (Wildman–Crippen LogP) is 2.39.